The lowest BCUT2D eigenvalue weighted by molar-refractivity contribution is -0.122. The monoisotopic (exact) mass is 626 g/mol. The Labute approximate surface area is 266 Å². The van der Waals surface area contributed by atoms with Crippen LogP contribution in [-0.4, -0.2) is 58.4 Å². The van der Waals surface area contributed by atoms with Crippen molar-refractivity contribution in [2.45, 2.75) is 25.7 Å². The number of pyridine rings is 1. The number of hydrogen-bond donors (Lipinski definition) is 0. The third-order valence-corrected chi connectivity index (χ3v) is 9.63. The molecule has 44 heavy (non-hydrogen) atoms. The summed E-state index contributed by atoms with van der Waals surface area (Å²) in [5, 5.41) is 0. The number of thiocarbonyl (C=S) groups is 1. The summed E-state index contributed by atoms with van der Waals surface area (Å²) in [7, 11) is 3.19. The van der Waals surface area contributed by atoms with Gasteiger partial charge in [0.25, 0.3) is 11.5 Å². The van der Waals surface area contributed by atoms with E-state index < -0.39 is 0 Å². The van der Waals surface area contributed by atoms with Crippen LogP contribution in [-0.2, 0) is 17.6 Å². The molecule has 0 bridgehead atoms. The van der Waals surface area contributed by atoms with Crippen molar-refractivity contribution in [3.63, 3.8) is 0 Å². The summed E-state index contributed by atoms with van der Waals surface area (Å²) in [6, 6.07) is 21.8. The Hall–Kier alpha value is -4.15. The van der Waals surface area contributed by atoms with Gasteiger partial charge in [0, 0.05) is 25.8 Å². The van der Waals surface area contributed by atoms with Crippen LogP contribution >= 0.6 is 24.0 Å². The van der Waals surface area contributed by atoms with Gasteiger partial charge in [0.05, 0.1) is 24.7 Å². The van der Waals surface area contributed by atoms with Crippen molar-refractivity contribution >= 4 is 51.7 Å². The van der Waals surface area contributed by atoms with Gasteiger partial charge in [-0.1, -0.05) is 66.4 Å². The van der Waals surface area contributed by atoms with Crippen molar-refractivity contribution in [3.05, 3.63) is 105 Å². The fourth-order valence-electron chi connectivity index (χ4n) is 5.86. The number of rotatable bonds is 9. The Morgan fingerprint density at radius 2 is 1.70 bits per heavy atom. The number of carbonyl (C=O) groups excluding carboxylic acids is 1. The van der Waals surface area contributed by atoms with Crippen molar-refractivity contribution in [3.8, 4) is 11.5 Å². The van der Waals surface area contributed by atoms with Crippen LogP contribution in [0, 0.1) is 5.92 Å². The second kappa shape index (κ2) is 13.2. The minimum atomic E-state index is -0.203. The number of benzene rings is 2. The van der Waals surface area contributed by atoms with Crippen LogP contribution in [0.3, 0.4) is 0 Å². The average molecular weight is 627 g/mol. The molecule has 0 spiro atoms. The lowest BCUT2D eigenvalue weighted by Gasteiger charge is -2.33. The van der Waals surface area contributed by atoms with E-state index in [2.05, 4.69) is 29.2 Å². The van der Waals surface area contributed by atoms with Gasteiger partial charge < -0.3 is 14.4 Å². The number of ether oxygens (including phenoxy) is 2. The topological polar surface area (TPSA) is 76.4 Å². The lowest BCUT2D eigenvalue weighted by Crippen LogP contribution is -2.37. The van der Waals surface area contributed by atoms with E-state index in [1.54, 1.807) is 31.4 Å². The number of aromatic nitrogens is 2. The zero-order chi connectivity index (χ0) is 30.6. The van der Waals surface area contributed by atoms with E-state index in [1.165, 1.54) is 21.7 Å². The Bertz CT molecular complexity index is 1780. The Balaban J connectivity index is 1.24. The highest BCUT2D eigenvalue weighted by Crippen LogP contribution is 2.35. The Kier molecular flexibility index (Phi) is 8.99. The molecule has 2 aromatic carbocycles. The molecule has 226 valence electrons. The molecule has 0 N–H and O–H groups in total. The molecule has 2 aliphatic rings. The molecule has 2 fully saturated rings. The van der Waals surface area contributed by atoms with Gasteiger partial charge in [-0.3, -0.25) is 18.9 Å². The van der Waals surface area contributed by atoms with E-state index in [9.17, 15) is 9.59 Å². The number of fused-ring (bicyclic) bond motifs is 1. The summed E-state index contributed by atoms with van der Waals surface area (Å²) in [5.74, 6) is 2.27. The van der Waals surface area contributed by atoms with Crippen LogP contribution in [0.25, 0.3) is 11.7 Å². The summed E-state index contributed by atoms with van der Waals surface area (Å²) >= 11 is 6.85. The maximum absolute atomic E-state index is 13.8. The number of carbonyl (C=O) groups is 1. The van der Waals surface area contributed by atoms with Gasteiger partial charge in [-0.15, -0.1) is 0 Å². The predicted molar refractivity (Wildman–Crippen MR) is 180 cm³/mol. The second-order valence-electron chi connectivity index (χ2n) is 11.0. The van der Waals surface area contributed by atoms with Gasteiger partial charge in [-0.25, -0.2) is 4.98 Å². The van der Waals surface area contributed by atoms with Crippen molar-refractivity contribution in [1.29, 1.82) is 0 Å². The van der Waals surface area contributed by atoms with Crippen molar-refractivity contribution < 1.29 is 14.3 Å². The molecule has 10 heteroatoms. The highest BCUT2D eigenvalue weighted by Gasteiger charge is 2.33. The molecule has 0 radical (unpaired) electrons. The number of methoxy groups -OCH3 is 2. The zero-order valence-corrected chi connectivity index (χ0v) is 26.4. The van der Waals surface area contributed by atoms with Crippen LogP contribution in [0.2, 0.25) is 0 Å². The fraction of sp³-hybridized carbons (Fsp3) is 0.294. The summed E-state index contributed by atoms with van der Waals surface area (Å²) < 4.78 is 12.8. The summed E-state index contributed by atoms with van der Waals surface area (Å²) in [6.45, 7) is 1.99. The number of anilines is 1. The minimum absolute atomic E-state index is 0.201. The molecule has 0 unspecified atom stereocenters. The first kappa shape index (κ1) is 29.9. The van der Waals surface area contributed by atoms with E-state index in [4.69, 9.17) is 26.7 Å². The zero-order valence-electron chi connectivity index (χ0n) is 24.8. The van der Waals surface area contributed by atoms with Gasteiger partial charge in [-0.2, -0.15) is 0 Å². The molecule has 6 rings (SSSR count). The average Bonchev–Trinajstić information content (AvgIpc) is 3.33. The first-order chi connectivity index (χ1) is 21.4. The third-order valence-electron chi connectivity index (χ3n) is 8.25. The lowest BCUT2D eigenvalue weighted by atomic mass is 9.90. The van der Waals surface area contributed by atoms with E-state index >= 15 is 0 Å². The van der Waals surface area contributed by atoms with Crippen LogP contribution in [0.5, 0.6) is 11.5 Å². The summed E-state index contributed by atoms with van der Waals surface area (Å²) in [5.41, 5.74) is 3.14. The molecule has 1 amide bonds. The Morgan fingerprint density at radius 1 is 0.955 bits per heavy atom. The number of thioether (sulfide) groups is 1. The molecule has 8 nitrogen and oxygen atoms in total. The molecule has 2 aromatic heterocycles. The number of piperidine rings is 1. The van der Waals surface area contributed by atoms with Crippen molar-refractivity contribution in [2.24, 2.45) is 5.92 Å². The molecular formula is C34H34N4O4S2. The van der Waals surface area contributed by atoms with E-state index in [1.807, 2.05) is 42.5 Å². The number of hydrogen-bond acceptors (Lipinski definition) is 8. The van der Waals surface area contributed by atoms with Gasteiger partial charge in [0.15, 0.2) is 11.5 Å². The molecular weight excluding hydrogens is 593 g/mol. The quantitative estimate of drug-likeness (QED) is 0.175. The minimum Gasteiger partial charge on any atom is -0.493 e. The maximum Gasteiger partial charge on any atom is 0.267 e. The van der Waals surface area contributed by atoms with Gasteiger partial charge in [0.1, 0.15) is 15.8 Å². The van der Waals surface area contributed by atoms with E-state index in [0.717, 1.165) is 37.9 Å². The van der Waals surface area contributed by atoms with Gasteiger partial charge >= 0.3 is 0 Å². The van der Waals surface area contributed by atoms with Crippen LogP contribution in [0.15, 0.2) is 82.6 Å². The van der Waals surface area contributed by atoms with Crippen LogP contribution in [0.4, 0.5) is 5.82 Å². The third kappa shape index (κ3) is 6.23. The molecule has 4 heterocycles. The molecule has 0 saturated carbocycles. The van der Waals surface area contributed by atoms with Gasteiger partial charge in [-0.05, 0) is 73.1 Å². The highest BCUT2D eigenvalue weighted by molar-refractivity contribution is 8.26. The summed E-state index contributed by atoms with van der Waals surface area (Å²) in [6.07, 6.45) is 7.04. The second-order valence-corrected chi connectivity index (χ2v) is 12.7. The number of nitrogens with zero attached hydrogens (tertiary/aromatic N) is 4. The summed E-state index contributed by atoms with van der Waals surface area (Å²) in [4.78, 5) is 36.6. The molecule has 4 aromatic rings. The van der Waals surface area contributed by atoms with Gasteiger partial charge in [0.2, 0.25) is 0 Å². The fourth-order valence-corrected chi connectivity index (χ4v) is 7.15. The maximum atomic E-state index is 13.8. The van der Waals surface area contributed by atoms with E-state index in [0.29, 0.717) is 56.6 Å². The van der Waals surface area contributed by atoms with E-state index in [-0.39, 0.29) is 11.5 Å². The predicted octanol–water partition coefficient (Wildman–Crippen LogP) is 5.61. The van der Waals surface area contributed by atoms with Crippen molar-refractivity contribution in [1.82, 2.24) is 14.3 Å². The molecule has 2 aliphatic heterocycles. The van der Waals surface area contributed by atoms with Crippen molar-refractivity contribution in [2.75, 3.05) is 38.8 Å². The molecule has 0 aliphatic carbocycles. The Morgan fingerprint density at radius 3 is 2.45 bits per heavy atom. The number of amides is 1. The van der Waals surface area contributed by atoms with Crippen LogP contribution in [0.1, 0.15) is 29.5 Å². The standard InChI is InChI=1S/C34H34N4O4S2/c1-41-27-12-11-24(21-28(27)42-2)15-19-38-33(40)29(44-34(38)43)22-26-31(35-30-10-6-7-16-37(30)32(26)39)36-17-13-25(14-18-36)20-23-8-4-3-5-9-23/h3-12,16,21-22,25H,13-15,17-20H2,1-2H3. The first-order valence-electron chi connectivity index (χ1n) is 14.7. The van der Waals surface area contributed by atoms with Crippen LogP contribution < -0.4 is 19.9 Å². The largest absolute Gasteiger partial charge is 0.493 e. The highest BCUT2D eigenvalue weighted by atomic mass is 32.2. The molecule has 2 saturated heterocycles. The smallest absolute Gasteiger partial charge is 0.267 e. The normalized spacial score (nSPS) is 16.7. The first-order valence-corrected chi connectivity index (χ1v) is 15.9. The molecule has 0 atom stereocenters. The SMILES string of the molecule is COc1ccc(CCN2C(=O)C(=Cc3c(N4CCC(Cc5ccccc5)CC4)nc4ccccn4c3=O)SC2=S)cc1OC.